The molecule has 8 nitrogen and oxygen atoms in total. The number of ether oxygens (including phenoxy) is 1. The summed E-state index contributed by atoms with van der Waals surface area (Å²) >= 11 is 0. The van der Waals surface area contributed by atoms with Gasteiger partial charge in [-0.15, -0.1) is 0 Å². The molecule has 0 spiro atoms. The summed E-state index contributed by atoms with van der Waals surface area (Å²) in [6, 6.07) is -1.11. The average Bonchev–Trinajstić information content (AvgIpc) is 2.27. The quantitative estimate of drug-likeness (QED) is 0.370. The third-order valence-corrected chi connectivity index (χ3v) is 2.64. The Hall–Kier alpha value is -1.22. The van der Waals surface area contributed by atoms with E-state index in [9.17, 15) is 24.9 Å². The summed E-state index contributed by atoms with van der Waals surface area (Å²) in [4.78, 5) is 21.6. The van der Waals surface area contributed by atoms with Crippen LogP contribution in [-0.4, -0.2) is 64.3 Å². The van der Waals surface area contributed by atoms with Crippen LogP contribution in [0.4, 0.5) is 0 Å². The van der Waals surface area contributed by atoms with Crippen molar-refractivity contribution in [1.82, 2.24) is 10.6 Å². The van der Waals surface area contributed by atoms with Gasteiger partial charge in [0.1, 0.15) is 24.4 Å². The van der Waals surface area contributed by atoms with E-state index in [0.29, 0.717) is 0 Å². The molecular weight excluding hydrogens is 244 g/mol. The highest BCUT2D eigenvalue weighted by atomic mass is 16.6. The van der Waals surface area contributed by atoms with Gasteiger partial charge in [-0.25, -0.2) is 0 Å². The zero-order valence-corrected chi connectivity index (χ0v) is 10.2. The minimum absolute atomic E-state index is 0.0442. The van der Waals surface area contributed by atoms with Crippen LogP contribution in [0.5, 0.6) is 0 Å². The van der Waals surface area contributed by atoms with E-state index in [1.165, 1.54) is 13.8 Å². The smallest absolute Gasteiger partial charge is 0.217 e. The summed E-state index contributed by atoms with van der Waals surface area (Å²) in [5, 5.41) is 33.9. The number of aliphatic hydroxyl groups excluding tert-OH is 3. The Balaban J connectivity index is 2.64. The first kappa shape index (κ1) is 14.8. The van der Waals surface area contributed by atoms with Crippen molar-refractivity contribution in [1.29, 1.82) is 0 Å². The molecule has 0 aromatic rings. The number of hydrogen-bond donors (Lipinski definition) is 5. The van der Waals surface area contributed by atoms with Gasteiger partial charge in [-0.05, 0) is 0 Å². The Morgan fingerprint density at radius 2 is 1.72 bits per heavy atom. The lowest BCUT2D eigenvalue weighted by atomic mass is 9.96. The summed E-state index contributed by atoms with van der Waals surface area (Å²) in [5.74, 6) is -0.784. The Labute approximate surface area is 104 Å². The van der Waals surface area contributed by atoms with E-state index in [0.717, 1.165) is 0 Å². The maximum absolute atomic E-state index is 10.9. The van der Waals surface area contributed by atoms with Crippen molar-refractivity contribution in [2.75, 3.05) is 6.54 Å². The molecule has 0 unspecified atom stereocenters. The molecule has 18 heavy (non-hydrogen) atoms. The number of carbonyl (C=O) groups excluding carboxylic acids is 2. The van der Waals surface area contributed by atoms with Crippen molar-refractivity contribution in [3.63, 3.8) is 0 Å². The second-order valence-corrected chi connectivity index (χ2v) is 4.21. The van der Waals surface area contributed by atoms with Crippen LogP contribution >= 0.6 is 0 Å². The maximum atomic E-state index is 10.9. The van der Waals surface area contributed by atoms with E-state index in [1.54, 1.807) is 0 Å². The number of amides is 2. The molecule has 2 amide bonds. The molecule has 1 heterocycles. The first-order valence-electron chi connectivity index (χ1n) is 5.54. The molecule has 1 aliphatic heterocycles. The molecule has 0 bridgehead atoms. The SMILES string of the molecule is CC(=O)NC[C@H]1O[C@H](O)[C@H](NC(C)=O)[C@H](O)[C@@H]1O. The lowest BCUT2D eigenvalue weighted by molar-refractivity contribution is -0.245. The van der Waals surface area contributed by atoms with E-state index in [1.807, 2.05) is 0 Å². The van der Waals surface area contributed by atoms with Crippen molar-refractivity contribution < 1.29 is 29.6 Å². The zero-order chi connectivity index (χ0) is 13.9. The van der Waals surface area contributed by atoms with E-state index in [-0.39, 0.29) is 12.5 Å². The van der Waals surface area contributed by atoms with Crippen LogP contribution < -0.4 is 10.6 Å². The van der Waals surface area contributed by atoms with Gasteiger partial charge < -0.3 is 30.7 Å². The Bertz CT molecular complexity index is 321. The van der Waals surface area contributed by atoms with E-state index in [4.69, 9.17) is 4.74 Å². The van der Waals surface area contributed by atoms with Crippen LogP contribution in [0.1, 0.15) is 13.8 Å². The maximum Gasteiger partial charge on any atom is 0.217 e. The molecule has 5 atom stereocenters. The van der Waals surface area contributed by atoms with Crippen molar-refractivity contribution in [3.05, 3.63) is 0 Å². The Morgan fingerprint density at radius 3 is 2.22 bits per heavy atom. The molecule has 0 aromatic carbocycles. The molecular formula is C10H18N2O6. The van der Waals surface area contributed by atoms with Crippen molar-refractivity contribution in [2.45, 2.75) is 44.5 Å². The monoisotopic (exact) mass is 262 g/mol. The highest BCUT2D eigenvalue weighted by Gasteiger charge is 2.44. The first-order valence-corrected chi connectivity index (χ1v) is 5.54. The number of hydrogen-bond acceptors (Lipinski definition) is 6. The molecule has 5 N–H and O–H groups in total. The van der Waals surface area contributed by atoms with Gasteiger partial charge in [-0.3, -0.25) is 9.59 Å². The van der Waals surface area contributed by atoms with Crippen LogP contribution in [0.2, 0.25) is 0 Å². The number of aliphatic hydroxyl groups is 3. The van der Waals surface area contributed by atoms with Gasteiger partial charge in [0.05, 0.1) is 0 Å². The molecule has 1 rings (SSSR count). The molecule has 1 saturated heterocycles. The summed E-state index contributed by atoms with van der Waals surface area (Å²) in [6.07, 6.45) is -5.09. The second kappa shape index (κ2) is 6.10. The third kappa shape index (κ3) is 3.64. The van der Waals surface area contributed by atoms with Crippen LogP contribution in [0.15, 0.2) is 0 Å². The van der Waals surface area contributed by atoms with E-state index in [2.05, 4.69) is 10.6 Å². The second-order valence-electron chi connectivity index (χ2n) is 4.21. The van der Waals surface area contributed by atoms with Gasteiger partial charge in [0.25, 0.3) is 0 Å². The summed E-state index contributed by atoms with van der Waals surface area (Å²) in [6.45, 7) is 2.47. The standard InChI is InChI=1S/C10H18N2O6/c1-4(13)11-3-6-8(15)9(16)7(10(17)18-6)12-5(2)14/h6-10,15-17H,3H2,1-2H3,(H,11,13)(H,12,14)/t6-,7-,8-,9+,10+/m1/s1. The molecule has 1 fully saturated rings. The predicted molar refractivity (Wildman–Crippen MR) is 59.2 cm³/mol. The van der Waals surface area contributed by atoms with Crippen LogP contribution in [0.25, 0.3) is 0 Å². The van der Waals surface area contributed by atoms with Gasteiger partial charge in [0.15, 0.2) is 6.29 Å². The molecule has 1 aliphatic rings. The summed E-state index contributed by atoms with van der Waals surface area (Å²) in [7, 11) is 0. The molecule has 104 valence electrons. The van der Waals surface area contributed by atoms with E-state index < -0.39 is 36.6 Å². The topological polar surface area (TPSA) is 128 Å². The van der Waals surface area contributed by atoms with Gasteiger partial charge in [0, 0.05) is 20.4 Å². The lowest BCUT2D eigenvalue weighted by Gasteiger charge is -2.40. The number of carbonyl (C=O) groups is 2. The number of rotatable bonds is 3. The molecule has 0 aromatic heterocycles. The van der Waals surface area contributed by atoms with Crippen molar-refractivity contribution in [3.8, 4) is 0 Å². The third-order valence-electron chi connectivity index (χ3n) is 2.64. The number of nitrogens with one attached hydrogen (secondary N) is 2. The molecule has 0 radical (unpaired) electrons. The van der Waals surface area contributed by atoms with Gasteiger partial charge in [0.2, 0.25) is 11.8 Å². The lowest BCUT2D eigenvalue weighted by Crippen LogP contribution is -2.64. The molecule has 0 aliphatic carbocycles. The first-order chi connectivity index (χ1) is 8.32. The minimum Gasteiger partial charge on any atom is -0.388 e. The Kier molecular flexibility index (Phi) is 5.03. The summed E-state index contributed by atoms with van der Waals surface area (Å²) in [5.41, 5.74) is 0. The van der Waals surface area contributed by atoms with Gasteiger partial charge in [-0.1, -0.05) is 0 Å². The zero-order valence-electron chi connectivity index (χ0n) is 10.2. The van der Waals surface area contributed by atoms with Gasteiger partial charge >= 0.3 is 0 Å². The van der Waals surface area contributed by atoms with Crippen LogP contribution in [0, 0.1) is 0 Å². The Morgan fingerprint density at radius 1 is 1.11 bits per heavy atom. The van der Waals surface area contributed by atoms with E-state index >= 15 is 0 Å². The highest BCUT2D eigenvalue weighted by molar-refractivity contribution is 5.73. The molecule has 8 heteroatoms. The van der Waals surface area contributed by atoms with Crippen molar-refractivity contribution >= 4 is 11.8 Å². The van der Waals surface area contributed by atoms with Crippen LogP contribution in [0.3, 0.4) is 0 Å². The van der Waals surface area contributed by atoms with Crippen molar-refractivity contribution in [2.24, 2.45) is 0 Å². The fraction of sp³-hybridized carbons (Fsp3) is 0.800. The summed E-state index contributed by atoms with van der Waals surface area (Å²) < 4.78 is 5.05. The molecule has 0 saturated carbocycles. The van der Waals surface area contributed by atoms with Crippen LogP contribution in [-0.2, 0) is 14.3 Å². The fourth-order valence-corrected chi connectivity index (χ4v) is 1.75. The van der Waals surface area contributed by atoms with Gasteiger partial charge in [-0.2, -0.15) is 0 Å². The fourth-order valence-electron chi connectivity index (χ4n) is 1.75. The predicted octanol–water partition coefficient (Wildman–Crippen LogP) is -2.93. The largest absolute Gasteiger partial charge is 0.388 e. The minimum atomic E-state index is -1.45. The average molecular weight is 262 g/mol. The highest BCUT2D eigenvalue weighted by Crippen LogP contribution is 2.19. The normalized spacial score (nSPS) is 35.9.